The van der Waals surface area contributed by atoms with Gasteiger partial charge in [-0.05, 0) is 42.8 Å². The van der Waals surface area contributed by atoms with Gasteiger partial charge in [-0.1, -0.05) is 6.07 Å². The lowest BCUT2D eigenvalue weighted by Crippen LogP contribution is -2.33. The van der Waals surface area contributed by atoms with Gasteiger partial charge < -0.3 is 24.5 Å². The average Bonchev–Trinajstić information content (AvgIpc) is 3.18. The van der Waals surface area contributed by atoms with Gasteiger partial charge in [0, 0.05) is 19.2 Å². The third-order valence-corrected chi connectivity index (χ3v) is 3.37. The lowest BCUT2D eigenvalue weighted by Gasteiger charge is -2.09. The van der Waals surface area contributed by atoms with E-state index in [0.29, 0.717) is 31.2 Å². The van der Waals surface area contributed by atoms with Crippen LogP contribution in [0.2, 0.25) is 0 Å². The fourth-order valence-electron chi connectivity index (χ4n) is 2.15. The van der Waals surface area contributed by atoms with Gasteiger partial charge in [-0.25, -0.2) is 0 Å². The Hall–Kier alpha value is -3.22. The van der Waals surface area contributed by atoms with Crippen LogP contribution in [0.4, 0.5) is 0 Å². The van der Waals surface area contributed by atoms with Gasteiger partial charge >= 0.3 is 0 Å². The van der Waals surface area contributed by atoms with Gasteiger partial charge in [-0.3, -0.25) is 9.59 Å². The molecule has 0 aliphatic heterocycles. The quantitative estimate of drug-likeness (QED) is 0.530. The molecule has 0 fully saturated rings. The minimum atomic E-state index is -0.318. The summed E-state index contributed by atoms with van der Waals surface area (Å²) in [5.41, 5.74) is 0.815. The second kappa shape index (κ2) is 9.93. The van der Waals surface area contributed by atoms with Crippen LogP contribution in [0, 0.1) is 0 Å². The van der Waals surface area contributed by atoms with Gasteiger partial charge in [0.1, 0.15) is 0 Å². The Balaban J connectivity index is 1.78. The largest absolute Gasteiger partial charge is 0.493 e. The molecular weight excluding hydrogens is 336 g/mol. The number of benzene rings is 1. The van der Waals surface area contributed by atoms with Crippen molar-refractivity contribution in [2.24, 2.45) is 0 Å². The Morgan fingerprint density at radius 2 is 1.96 bits per heavy atom. The minimum absolute atomic E-state index is 0.237. The lowest BCUT2D eigenvalue weighted by atomic mass is 10.2. The topological polar surface area (TPSA) is 89.8 Å². The van der Waals surface area contributed by atoms with E-state index in [0.717, 1.165) is 5.56 Å². The summed E-state index contributed by atoms with van der Waals surface area (Å²) in [5.74, 6) is 0.923. The molecular formula is C19H22N2O5. The maximum atomic E-state index is 11.8. The van der Waals surface area contributed by atoms with Crippen molar-refractivity contribution >= 4 is 17.9 Å². The first-order chi connectivity index (χ1) is 12.6. The van der Waals surface area contributed by atoms with Crippen LogP contribution >= 0.6 is 0 Å². The normalized spacial score (nSPS) is 10.5. The number of rotatable bonds is 9. The van der Waals surface area contributed by atoms with Gasteiger partial charge in [-0.15, -0.1) is 0 Å². The molecule has 2 rings (SSSR count). The summed E-state index contributed by atoms with van der Waals surface area (Å²) >= 11 is 0. The third kappa shape index (κ3) is 5.70. The van der Waals surface area contributed by atoms with Crippen LogP contribution in [0.15, 0.2) is 47.1 Å². The van der Waals surface area contributed by atoms with Crippen molar-refractivity contribution < 1.29 is 23.5 Å². The van der Waals surface area contributed by atoms with E-state index in [1.165, 1.54) is 12.3 Å². The second-order valence-corrected chi connectivity index (χ2v) is 5.20. The van der Waals surface area contributed by atoms with Crippen LogP contribution < -0.4 is 20.1 Å². The first-order valence-corrected chi connectivity index (χ1v) is 8.22. The van der Waals surface area contributed by atoms with Crippen LogP contribution in [-0.4, -0.2) is 38.6 Å². The van der Waals surface area contributed by atoms with Crippen molar-refractivity contribution in [3.05, 3.63) is 54.0 Å². The van der Waals surface area contributed by atoms with Crippen molar-refractivity contribution in [1.82, 2.24) is 10.6 Å². The van der Waals surface area contributed by atoms with E-state index in [1.54, 1.807) is 37.5 Å². The van der Waals surface area contributed by atoms with Crippen LogP contribution in [0.1, 0.15) is 23.0 Å². The molecule has 1 aromatic carbocycles. The summed E-state index contributed by atoms with van der Waals surface area (Å²) in [5, 5.41) is 5.34. The van der Waals surface area contributed by atoms with E-state index in [2.05, 4.69) is 10.6 Å². The van der Waals surface area contributed by atoms with Crippen molar-refractivity contribution in [3.8, 4) is 11.5 Å². The van der Waals surface area contributed by atoms with Gasteiger partial charge in [0.15, 0.2) is 17.3 Å². The monoisotopic (exact) mass is 358 g/mol. The number of methoxy groups -OCH3 is 1. The van der Waals surface area contributed by atoms with Crippen LogP contribution in [0.3, 0.4) is 0 Å². The molecule has 138 valence electrons. The highest BCUT2D eigenvalue weighted by atomic mass is 16.5. The zero-order valence-electron chi connectivity index (χ0n) is 14.8. The Kier molecular flexibility index (Phi) is 7.30. The molecule has 0 radical (unpaired) electrons. The summed E-state index contributed by atoms with van der Waals surface area (Å²) in [7, 11) is 1.57. The first-order valence-electron chi connectivity index (χ1n) is 8.22. The molecule has 2 amide bonds. The molecule has 0 spiro atoms. The van der Waals surface area contributed by atoms with E-state index < -0.39 is 0 Å². The van der Waals surface area contributed by atoms with Gasteiger partial charge in [0.25, 0.3) is 5.91 Å². The van der Waals surface area contributed by atoms with Crippen molar-refractivity contribution in [2.45, 2.75) is 6.92 Å². The van der Waals surface area contributed by atoms with Crippen molar-refractivity contribution in [3.63, 3.8) is 0 Å². The summed E-state index contributed by atoms with van der Waals surface area (Å²) in [6.07, 6.45) is 4.53. The number of ether oxygens (including phenoxy) is 2. The first kappa shape index (κ1) is 19.1. The molecule has 2 aromatic rings. The Morgan fingerprint density at radius 3 is 2.65 bits per heavy atom. The van der Waals surface area contributed by atoms with E-state index >= 15 is 0 Å². The molecule has 0 aliphatic carbocycles. The number of nitrogens with one attached hydrogen (secondary N) is 2. The van der Waals surface area contributed by atoms with Crippen LogP contribution in [0.5, 0.6) is 11.5 Å². The molecule has 26 heavy (non-hydrogen) atoms. The summed E-state index contributed by atoms with van der Waals surface area (Å²) < 4.78 is 15.7. The summed E-state index contributed by atoms with van der Waals surface area (Å²) in [4.78, 5) is 23.5. The number of furan rings is 1. The minimum Gasteiger partial charge on any atom is -0.493 e. The summed E-state index contributed by atoms with van der Waals surface area (Å²) in [6.45, 7) is 3.02. The maximum Gasteiger partial charge on any atom is 0.287 e. The smallest absolute Gasteiger partial charge is 0.287 e. The van der Waals surface area contributed by atoms with E-state index in [9.17, 15) is 9.59 Å². The molecule has 1 heterocycles. The lowest BCUT2D eigenvalue weighted by molar-refractivity contribution is -0.116. The number of amides is 2. The van der Waals surface area contributed by atoms with E-state index in [4.69, 9.17) is 13.9 Å². The molecule has 1 aromatic heterocycles. The van der Waals surface area contributed by atoms with Crippen molar-refractivity contribution in [2.75, 3.05) is 26.8 Å². The molecule has 0 saturated carbocycles. The third-order valence-electron chi connectivity index (χ3n) is 3.37. The number of carbonyl (C=O) groups is 2. The van der Waals surface area contributed by atoms with Crippen molar-refractivity contribution in [1.29, 1.82) is 0 Å². The fourth-order valence-corrected chi connectivity index (χ4v) is 2.15. The molecule has 7 nitrogen and oxygen atoms in total. The highest BCUT2D eigenvalue weighted by Gasteiger charge is 2.07. The average molecular weight is 358 g/mol. The SMILES string of the molecule is CCOc1cc(/C=C/C(=O)NCCNC(=O)c2ccco2)ccc1OC. The summed E-state index contributed by atoms with van der Waals surface area (Å²) in [6, 6.07) is 8.62. The van der Waals surface area contributed by atoms with Crippen LogP contribution in [-0.2, 0) is 4.79 Å². The number of hydrogen-bond acceptors (Lipinski definition) is 5. The predicted octanol–water partition coefficient (Wildman–Crippen LogP) is 2.25. The van der Waals surface area contributed by atoms with Gasteiger partial charge in [0.2, 0.25) is 5.91 Å². The van der Waals surface area contributed by atoms with E-state index in [1.807, 2.05) is 13.0 Å². The van der Waals surface area contributed by atoms with Gasteiger partial charge in [-0.2, -0.15) is 0 Å². The molecule has 2 N–H and O–H groups in total. The molecule has 0 saturated heterocycles. The standard InChI is InChI=1S/C19H22N2O5/c1-3-25-17-13-14(6-8-15(17)24-2)7-9-18(22)20-10-11-21-19(23)16-5-4-12-26-16/h4-9,12-13H,3,10-11H2,1-2H3,(H,20,22)(H,21,23)/b9-7+. The molecule has 0 unspecified atom stereocenters. The van der Waals surface area contributed by atoms with E-state index in [-0.39, 0.29) is 17.6 Å². The second-order valence-electron chi connectivity index (χ2n) is 5.20. The molecule has 7 heteroatoms. The Morgan fingerprint density at radius 1 is 1.15 bits per heavy atom. The predicted molar refractivity (Wildman–Crippen MR) is 97.2 cm³/mol. The molecule has 0 aliphatic rings. The van der Waals surface area contributed by atoms with Gasteiger partial charge in [0.05, 0.1) is 20.0 Å². The molecule has 0 atom stereocenters. The fraction of sp³-hybridized carbons (Fsp3) is 0.263. The maximum absolute atomic E-state index is 11.8. The zero-order valence-corrected chi connectivity index (χ0v) is 14.8. The highest BCUT2D eigenvalue weighted by molar-refractivity contribution is 5.92. The van der Waals surface area contributed by atoms with Crippen LogP contribution in [0.25, 0.3) is 6.08 Å². The highest BCUT2D eigenvalue weighted by Crippen LogP contribution is 2.28. The Bertz CT molecular complexity index is 753. The Labute approximate surface area is 152 Å². The molecule has 0 bridgehead atoms. The number of carbonyl (C=O) groups excluding carboxylic acids is 2. The number of hydrogen-bond donors (Lipinski definition) is 2. The zero-order chi connectivity index (χ0) is 18.8.